The fraction of sp³-hybridized carbons (Fsp3) is 0.220. The number of aliphatic imine (C=N–C) groups is 2. The summed E-state index contributed by atoms with van der Waals surface area (Å²) in [6.45, 7) is 10.5. The van der Waals surface area contributed by atoms with E-state index in [4.69, 9.17) is 19.5 Å². The second kappa shape index (κ2) is 18.6. The van der Waals surface area contributed by atoms with Crippen molar-refractivity contribution in [2.45, 2.75) is 86.9 Å². The van der Waals surface area contributed by atoms with E-state index in [0.29, 0.717) is 28.7 Å². The summed E-state index contributed by atoms with van der Waals surface area (Å²) in [6.07, 6.45) is 6.02. The molecule has 0 saturated heterocycles. The van der Waals surface area contributed by atoms with Crippen molar-refractivity contribution < 1.29 is 19.1 Å². The van der Waals surface area contributed by atoms with Gasteiger partial charge in [-0.15, -0.1) is 0 Å². The SMILES string of the molecule is C=C(C)C(=O)Oc1ccc(Sc2ccc(SC3=NC(Sc4ccc(Sc5ccc(OC(=O)C(=C)C)cc5)cc4)N=C(NC4CCCCC4)N3)cc2)cc1. The highest BCUT2D eigenvalue weighted by molar-refractivity contribution is 8.14. The van der Waals surface area contributed by atoms with E-state index in [9.17, 15) is 9.59 Å². The number of guanidine groups is 1. The Labute approximate surface area is 327 Å². The van der Waals surface area contributed by atoms with Crippen LogP contribution < -0.4 is 20.1 Å². The van der Waals surface area contributed by atoms with E-state index < -0.39 is 11.9 Å². The van der Waals surface area contributed by atoms with Crippen LogP contribution in [-0.2, 0) is 9.59 Å². The summed E-state index contributed by atoms with van der Waals surface area (Å²) in [7, 11) is 0. The molecule has 1 heterocycles. The van der Waals surface area contributed by atoms with Crippen LogP contribution in [0.4, 0.5) is 0 Å². The Hall–Kier alpha value is -4.36. The molecule has 0 spiro atoms. The summed E-state index contributed by atoms with van der Waals surface area (Å²) >= 11 is 6.47. The van der Waals surface area contributed by atoms with Gasteiger partial charge in [0.25, 0.3) is 0 Å². The molecule has 12 heteroatoms. The second-order valence-electron chi connectivity index (χ2n) is 12.5. The minimum atomic E-state index is -0.431. The zero-order chi connectivity index (χ0) is 37.2. The van der Waals surface area contributed by atoms with E-state index >= 15 is 0 Å². The topological polar surface area (TPSA) is 101 Å². The number of thioether (sulfide) groups is 2. The van der Waals surface area contributed by atoms with E-state index in [1.807, 2.05) is 24.3 Å². The normalized spacial score (nSPS) is 15.7. The molecule has 272 valence electrons. The molecule has 6 rings (SSSR count). The number of nitrogens with one attached hydrogen (secondary N) is 2. The summed E-state index contributed by atoms with van der Waals surface area (Å²) in [5, 5.41) is 7.91. The van der Waals surface area contributed by atoms with Crippen LogP contribution in [0.25, 0.3) is 0 Å². The highest BCUT2D eigenvalue weighted by Crippen LogP contribution is 2.35. The maximum atomic E-state index is 11.8. The van der Waals surface area contributed by atoms with Crippen molar-refractivity contribution in [3.05, 3.63) is 121 Å². The Bertz CT molecular complexity index is 1990. The van der Waals surface area contributed by atoms with Crippen LogP contribution in [0.1, 0.15) is 46.0 Å². The maximum absolute atomic E-state index is 11.8. The molecule has 0 aromatic heterocycles. The minimum Gasteiger partial charge on any atom is -0.423 e. The van der Waals surface area contributed by atoms with Crippen LogP contribution in [-0.4, -0.2) is 34.6 Å². The lowest BCUT2D eigenvalue weighted by atomic mass is 9.96. The van der Waals surface area contributed by atoms with E-state index in [-0.39, 0.29) is 5.50 Å². The Kier molecular flexibility index (Phi) is 13.5. The number of nitrogens with zero attached hydrogens (tertiary/aromatic N) is 2. The Morgan fingerprint density at radius 1 is 0.623 bits per heavy atom. The number of rotatable bonds is 12. The predicted molar refractivity (Wildman–Crippen MR) is 218 cm³/mol. The third-order valence-corrected chi connectivity index (χ3v) is 11.9. The molecule has 0 radical (unpaired) electrons. The third-order valence-electron chi connectivity index (χ3n) is 7.98. The lowest BCUT2D eigenvalue weighted by Crippen LogP contribution is -2.48. The van der Waals surface area contributed by atoms with E-state index in [2.05, 4.69) is 72.3 Å². The summed E-state index contributed by atoms with van der Waals surface area (Å²) in [5.74, 6) is 0.888. The van der Waals surface area contributed by atoms with Crippen LogP contribution in [0.3, 0.4) is 0 Å². The van der Waals surface area contributed by atoms with Crippen molar-refractivity contribution in [3.63, 3.8) is 0 Å². The average molecular weight is 781 g/mol. The number of amidine groups is 1. The van der Waals surface area contributed by atoms with Gasteiger partial charge < -0.3 is 20.1 Å². The highest BCUT2D eigenvalue weighted by Gasteiger charge is 2.22. The van der Waals surface area contributed by atoms with Crippen molar-refractivity contribution in [1.82, 2.24) is 10.6 Å². The van der Waals surface area contributed by atoms with Gasteiger partial charge in [0, 0.05) is 46.6 Å². The van der Waals surface area contributed by atoms with Crippen LogP contribution in [0, 0.1) is 0 Å². The van der Waals surface area contributed by atoms with Gasteiger partial charge in [-0.3, -0.25) is 0 Å². The fourth-order valence-corrected chi connectivity index (χ4v) is 8.58. The molecular weight excluding hydrogens is 741 g/mol. The predicted octanol–water partition coefficient (Wildman–Crippen LogP) is 10.4. The lowest BCUT2D eigenvalue weighted by Gasteiger charge is -2.27. The van der Waals surface area contributed by atoms with E-state index in [1.54, 1.807) is 85.2 Å². The molecule has 1 saturated carbocycles. The lowest BCUT2D eigenvalue weighted by molar-refractivity contribution is -0.130. The zero-order valence-corrected chi connectivity index (χ0v) is 32.8. The Morgan fingerprint density at radius 3 is 1.49 bits per heavy atom. The molecule has 8 nitrogen and oxygen atoms in total. The number of carbonyl (C=O) groups is 2. The van der Waals surface area contributed by atoms with E-state index in [0.717, 1.165) is 53.3 Å². The number of hydrogen-bond acceptors (Lipinski definition) is 12. The largest absolute Gasteiger partial charge is 0.423 e. The monoisotopic (exact) mass is 780 g/mol. The van der Waals surface area contributed by atoms with Gasteiger partial charge in [0.15, 0.2) is 10.7 Å². The Balaban J connectivity index is 1.08. The number of benzene rings is 4. The van der Waals surface area contributed by atoms with Gasteiger partial charge in [0.1, 0.15) is 11.5 Å². The van der Waals surface area contributed by atoms with Crippen LogP contribution in [0.15, 0.2) is 161 Å². The number of hydrogen-bond donors (Lipinski definition) is 2. The molecule has 2 N–H and O–H groups in total. The highest BCUT2D eigenvalue weighted by atomic mass is 32.2. The second-order valence-corrected chi connectivity index (χ2v) is 17.0. The number of carbonyl (C=O) groups excluding carboxylic acids is 2. The molecule has 1 unspecified atom stereocenters. The summed E-state index contributed by atoms with van der Waals surface area (Å²) in [5.41, 5.74) is 0.383. The molecule has 0 bridgehead atoms. The molecule has 53 heavy (non-hydrogen) atoms. The fourth-order valence-electron chi connectivity index (χ4n) is 5.23. The van der Waals surface area contributed by atoms with Crippen molar-refractivity contribution in [2.75, 3.05) is 0 Å². The van der Waals surface area contributed by atoms with Crippen molar-refractivity contribution >= 4 is 70.1 Å². The first-order valence-corrected chi connectivity index (χ1v) is 20.5. The van der Waals surface area contributed by atoms with Gasteiger partial charge in [0.2, 0.25) is 5.96 Å². The summed E-state index contributed by atoms with van der Waals surface area (Å²) < 4.78 is 10.6. The molecule has 4 aromatic carbocycles. The Morgan fingerprint density at radius 2 is 1.04 bits per heavy atom. The van der Waals surface area contributed by atoms with Crippen molar-refractivity contribution in [3.8, 4) is 11.5 Å². The summed E-state index contributed by atoms with van der Waals surface area (Å²) in [4.78, 5) is 40.0. The van der Waals surface area contributed by atoms with Gasteiger partial charge in [-0.1, -0.05) is 79.5 Å². The molecule has 4 aromatic rings. The maximum Gasteiger partial charge on any atom is 0.338 e. The number of esters is 2. The molecule has 2 aliphatic rings. The first kappa shape index (κ1) is 38.4. The molecule has 1 atom stereocenters. The molecular formula is C41H40N4O4S4. The quantitative estimate of drug-likeness (QED) is 0.0821. The smallest absolute Gasteiger partial charge is 0.338 e. The van der Waals surface area contributed by atoms with Gasteiger partial charge in [-0.25, -0.2) is 19.6 Å². The minimum absolute atomic E-state index is 0.342. The van der Waals surface area contributed by atoms with Gasteiger partial charge in [-0.05, 0) is 124 Å². The van der Waals surface area contributed by atoms with E-state index in [1.165, 1.54) is 19.3 Å². The number of ether oxygens (including phenoxy) is 2. The molecule has 1 aliphatic carbocycles. The van der Waals surface area contributed by atoms with Gasteiger partial charge in [0.05, 0.1) is 0 Å². The van der Waals surface area contributed by atoms with Gasteiger partial charge in [-0.2, -0.15) is 0 Å². The summed E-state index contributed by atoms with van der Waals surface area (Å²) in [6, 6.07) is 32.1. The van der Waals surface area contributed by atoms with Crippen molar-refractivity contribution in [2.24, 2.45) is 9.98 Å². The molecule has 0 amide bonds. The first-order chi connectivity index (χ1) is 25.6. The van der Waals surface area contributed by atoms with Crippen LogP contribution in [0.5, 0.6) is 11.5 Å². The molecule has 1 fully saturated rings. The van der Waals surface area contributed by atoms with Gasteiger partial charge >= 0.3 is 11.9 Å². The van der Waals surface area contributed by atoms with Crippen molar-refractivity contribution in [1.29, 1.82) is 0 Å². The third kappa shape index (κ3) is 11.8. The standard InChI is InChI=1S/C41H40N4O4S4/c1-26(2)37(46)48-29-10-14-31(15-11-29)50-33-18-22-35(23-19-33)52-40-43-39(42-28-8-6-5-7-9-28)44-41(45-40)53-36-24-20-34(21-25-36)51-32-16-12-30(13-17-32)49-38(47)27(3)4/h10-25,28,40H,1,3,5-9H2,2,4H3,(H2,42,43,44,45). The van der Waals surface area contributed by atoms with Crippen LogP contribution in [0.2, 0.25) is 0 Å². The molecule has 1 aliphatic heterocycles. The first-order valence-electron chi connectivity index (χ1n) is 17.2. The average Bonchev–Trinajstić information content (AvgIpc) is 3.15. The van der Waals surface area contributed by atoms with Crippen LogP contribution >= 0.6 is 47.0 Å². The zero-order valence-electron chi connectivity index (χ0n) is 29.5.